The Morgan fingerprint density at radius 1 is 1.17 bits per heavy atom. The van der Waals surface area contributed by atoms with Gasteiger partial charge in [0.2, 0.25) is 0 Å². The molecule has 0 aliphatic carbocycles. The first-order chi connectivity index (χ1) is 10.9. The van der Waals surface area contributed by atoms with Gasteiger partial charge in [0.05, 0.1) is 9.92 Å². The number of carbonyl (C=O) groups is 1. The molecule has 1 N–H and O–H groups in total. The number of aryl methyl sites for hydroxylation is 1. The van der Waals surface area contributed by atoms with E-state index in [4.69, 9.17) is 11.6 Å². The van der Waals surface area contributed by atoms with Crippen molar-refractivity contribution in [2.24, 2.45) is 0 Å². The first kappa shape index (κ1) is 15.5. The standard InChI is InChI=1S/C15H12ClN3O3S/c1-10-2-4-11(5-3-10)23(21,22)18-15(20)19-9-7-12-13(16)6-8-17-14(12)19/h2-9H,1H3,(H,18,20). The number of carbonyl (C=O) groups excluding carboxylic acids is 1. The predicted octanol–water partition coefficient (Wildman–Crippen LogP) is 2.94. The maximum atomic E-state index is 12.3. The molecule has 0 spiro atoms. The van der Waals surface area contributed by atoms with Gasteiger partial charge >= 0.3 is 6.03 Å². The van der Waals surface area contributed by atoms with Crippen LogP contribution in [0.4, 0.5) is 4.79 Å². The van der Waals surface area contributed by atoms with Gasteiger partial charge in [-0.05, 0) is 31.2 Å². The van der Waals surface area contributed by atoms with Gasteiger partial charge in [0.25, 0.3) is 10.0 Å². The van der Waals surface area contributed by atoms with Crippen LogP contribution in [0.5, 0.6) is 0 Å². The van der Waals surface area contributed by atoms with E-state index in [1.165, 1.54) is 24.5 Å². The van der Waals surface area contributed by atoms with Crippen molar-refractivity contribution in [2.45, 2.75) is 11.8 Å². The zero-order chi connectivity index (χ0) is 16.6. The van der Waals surface area contributed by atoms with Gasteiger partial charge in [-0.3, -0.25) is 4.57 Å². The molecule has 6 nitrogen and oxygen atoms in total. The Bertz CT molecular complexity index is 994. The monoisotopic (exact) mass is 349 g/mol. The second-order valence-electron chi connectivity index (χ2n) is 4.94. The zero-order valence-corrected chi connectivity index (χ0v) is 13.6. The lowest BCUT2D eigenvalue weighted by Gasteiger charge is -2.08. The van der Waals surface area contributed by atoms with Crippen molar-refractivity contribution in [3.8, 4) is 0 Å². The molecule has 0 radical (unpaired) electrons. The number of aromatic nitrogens is 2. The van der Waals surface area contributed by atoms with E-state index in [1.54, 1.807) is 24.3 Å². The molecule has 0 fully saturated rings. The van der Waals surface area contributed by atoms with Gasteiger partial charge in [-0.25, -0.2) is 22.9 Å². The number of fused-ring (bicyclic) bond motifs is 1. The van der Waals surface area contributed by atoms with Crippen LogP contribution in [0.2, 0.25) is 5.02 Å². The highest BCUT2D eigenvalue weighted by molar-refractivity contribution is 7.90. The Morgan fingerprint density at radius 3 is 2.57 bits per heavy atom. The fourth-order valence-corrected chi connectivity index (χ4v) is 3.25. The Labute approximate surface area is 137 Å². The number of sulfonamides is 1. The van der Waals surface area contributed by atoms with Crippen molar-refractivity contribution in [1.82, 2.24) is 14.3 Å². The molecule has 3 rings (SSSR count). The van der Waals surface area contributed by atoms with E-state index in [0.29, 0.717) is 10.4 Å². The van der Waals surface area contributed by atoms with Crippen LogP contribution in [0.25, 0.3) is 11.0 Å². The number of rotatable bonds is 2. The molecule has 0 unspecified atom stereocenters. The van der Waals surface area contributed by atoms with Gasteiger partial charge in [0.15, 0.2) is 0 Å². The predicted molar refractivity (Wildman–Crippen MR) is 87.0 cm³/mol. The summed E-state index contributed by atoms with van der Waals surface area (Å²) in [7, 11) is -3.96. The van der Waals surface area contributed by atoms with Crippen molar-refractivity contribution < 1.29 is 13.2 Å². The van der Waals surface area contributed by atoms with Crippen molar-refractivity contribution in [2.75, 3.05) is 0 Å². The van der Waals surface area contributed by atoms with E-state index < -0.39 is 16.1 Å². The Kier molecular flexibility index (Phi) is 3.83. The van der Waals surface area contributed by atoms with Gasteiger partial charge in [-0.1, -0.05) is 29.3 Å². The smallest absolute Gasteiger partial charge is 0.252 e. The third kappa shape index (κ3) is 2.93. The Balaban J connectivity index is 1.94. The van der Waals surface area contributed by atoms with E-state index in [2.05, 4.69) is 4.98 Å². The molecule has 23 heavy (non-hydrogen) atoms. The summed E-state index contributed by atoms with van der Waals surface area (Å²) >= 11 is 6.02. The minimum Gasteiger partial charge on any atom is -0.252 e. The zero-order valence-electron chi connectivity index (χ0n) is 12.0. The quantitative estimate of drug-likeness (QED) is 0.771. The molecule has 8 heteroatoms. The normalized spacial score (nSPS) is 11.6. The van der Waals surface area contributed by atoms with Gasteiger partial charge < -0.3 is 0 Å². The maximum absolute atomic E-state index is 12.3. The van der Waals surface area contributed by atoms with Gasteiger partial charge in [-0.15, -0.1) is 0 Å². The average molecular weight is 350 g/mol. The fraction of sp³-hybridized carbons (Fsp3) is 0.0667. The topological polar surface area (TPSA) is 81.1 Å². The molecule has 3 aromatic rings. The van der Waals surface area contributed by atoms with E-state index in [-0.39, 0.29) is 10.5 Å². The highest BCUT2D eigenvalue weighted by Gasteiger charge is 2.20. The second kappa shape index (κ2) is 5.68. The van der Waals surface area contributed by atoms with Crippen molar-refractivity contribution >= 4 is 38.7 Å². The van der Waals surface area contributed by atoms with Crippen molar-refractivity contribution in [3.63, 3.8) is 0 Å². The first-order valence-corrected chi connectivity index (χ1v) is 8.50. The maximum Gasteiger partial charge on any atom is 0.341 e. The number of nitrogens with one attached hydrogen (secondary N) is 1. The number of hydrogen-bond acceptors (Lipinski definition) is 4. The number of pyridine rings is 1. The Hall–Kier alpha value is -2.38. The molecule has 0 saturated carbocycles. The molecule has 0 atom stereocenters. The van der Waals surface area contributed by atoms with Gasteiger partial charge in [0, 0.05) is 17.8 Å². The lowest BCUT2D eigenvalue weighted by atomic mass is 10.2. The summed E-state index contributed by atoms with van der Waals surface area (Å²) in [5, 5.41) is 1.000. The summed E-state index contributed by atoms with van der Waals surface area (Å²) in [6, 6.07) is 8.56. The molecule has 118 valence electrons. The number of benzene rings is 1. The molecule has 0 aliphatic rings. The minimum absolute atomic E-state index is 0.0129. The fourth-order valence-electron chi connectivity index (χ4n) is 2.11. The van der Waals surface area contributed by atoms with Gasteiger partial charge in [0.1, 0.15) is 5.65 Å². The van der Waals surface area contributed by atoms with Crippen molar-refractivity contribution in [3.05, 3.63) is 59.4 Å². The van der Waals surface area contributed by atoms with Gasteiger partial charge in [-0.2, -0.15) is 0 Å². The van der Waals surface area contributed by atoms with Crippen molar-refractivity contribution in [1.29, 1.82) is 0 Å². The molecule has 2 heterocycles. The Morgan fingerprint density at radius 2 is 1.87 bits per heavy atom. The van der Waals surface area contributed by atoms with E-state index in [1.807, 2.05) is 11.6 Å². The molecule has 0 bridgehead atoms. The molecule has 0 aliphatic heterocycles. The second-order valence-corrected chi connectivity index (χ2v) is 7.03. The van der Waals surface area contributed by atoms with Crippen LogP contribution in [0.3, 0.4) is 0 Å². The summed E-state index contributed by atoms with van der Waals surface area (Å²) in [4.78, 5) is 16.3. The minimum atomic E-state index is -3.96. The van der Waals surface area contributed by atoms with Crippen LogP contribution >= 0.6 is 11.6 Å². The third-order valence-electron chi connectivity index (χ3n) is 3.31. The molecule has 1 amide bonds. The van der Waals surface area contributed by atoms with Crippen LogP contribution in [-0.4, -0.2) is 24.0 Å². The van der Waals surface area contributed by atoms with E-state index in [9.17, 15) is 13.2 Å². The largest absolute Gasteiger partial charge is 0.341 e. The van der Waals surface area contributed by atoms with E-state index >= 15 is 0 Å². The lowest BCUT2D eigenvalue weighted by molar-refractivity contribution is 0.248. The van der Waals surface area contributed by atoms with Crippen LogP contribution in [0.15, 0.2) is 53.7 Å². The summed E-state index contributed by atoms with van der Waals surface area (Å²) in [6.07, 6.45) is 2.87. The summed E-state index contributed by atoms with van der Waals surface area (Å²) in [6.45, 7) is 1.84. The summed E-state index contributed by atoms with van der Waals surface area (Å²) in [5.74, 6) is 0. The van der Waals surface area contributed by atoms with Crippen LogP contribution in [0.1, 0.15) is 5.56 Å². The average Bonchev–Trinajstić information content (AvgIpc) is 2.93. The number of amides is 1. The summed E-state index contributed by atoms with van der Waals surface area (Å²) in [5.41, 5.74) is 1.21. The number of halogens is 1. The molecule has 1 aromatic carbocycles. The SMILES string of the molecule is Cc1ccc(S(=O)(=O)NC(=O)n2ccc3c(Cl)ccnc32)cc1. The highest BCUT2D eigenvalue weighted by Crippen LogP contribution is 2.22. The first-order valence-electron chi connectivity index (χ1n) is 6.64. The molecule has 0 saturated heterocycles. The van der Waals surface area contributed by atoms with Crippen LogP contribution in [-0.2, 0) is 10.0 Å². The molecular weight excluding hydrogens is 338 g/mol. The lowest BCUT2D eigenvalue weighted by Crippen LogP contribution is -2.33. The van der Waals surface area contributed by atoms with E-state index in [0.717, 1.165) is 10.1 Å². The molecule has 2 aromatic heterocycles. The van der Waals surface area contributed by atoms with Crippen LogP contribution < -0.4 is 4.72 Å². The third-order valence-corrected chi connectivity index (χ3v) is 4.97. The number of hydrogen-bond donors (Lipinski definition) is 1. The number of nitrogens with zero attached hydrogens (tertiary/aromatic N) is 2. The molecular formula is C15H12ClN3O3S. The highest BCUT2D eigenvalue weighted by atomic mass is 35.5. The van der Waals surface area contributed by atoms with Crippen LogP contribution in [0, 0.1) is 6.92 Å². The summed E-state index contributed by atoms with van der Waals surface area (Å²) < 4.78 is 27.6.